The minimum Gasteiger partial charge on any atom is -0.308 e. The molecule has 6 aromatic rings. The average Bonchev–Trinajstić information content (AvgIpc) is 3.25. The molecule has 6 rings (SSSR count). The standard InChI is InChI=1S/C24H14BrNS/c25-18-11-6-10-17-22-19(26(24(17)18)15-7-2-1-3-8-15)13-14-21-23(22)16-9-4-5-12-20(16)27-21/h1-14H. The van der Waals surface area contributed by atoms with Crippen LogP contribution in [0.4, 0.5) is 0 Å². The molecule has 0 aliphatic carbocycles. The summed E-state index contributed by atoms with van der Waals surface area (Å²) in [7, 11) is 0. The van der Waals surface area contributed by atoms with Crippen molar-refractivity contribution in [3.8, 4) is 5.69 Å². The maximum Gasteiger partial charge on any atom is 0.0683 e. The fourth-order valence-corrected chi connectivity index (χ4v) is 5.83. The molecule has 0 N–H and O–H groups in total. The van der Waals surface area contributed by atoms with E-state index in [2.05, 4.69) is 105 Å². The molecule has 0 fully saturated rings. The van der Waals surface area contributed by atoms with Crippen molar-refractivity contribution in [3.63, 3.8) is 0 Å². The monoisotopic (exact) mass is 427 g/mol. The van der Waals surface area contributed by atoms with Crippen LogP contribution in [0.15, 0.2) is 89.4 Å². The maximum absolute atomic E-state index is 3.81. The second-order valence-electron chi connectivity index (χ2n) is 6.74. The van der Waals surface area contributed by atoms with Gasteiger partial charge < -0.3 is 4.57 Å². The van der Waals surface area contributed by atoms with Gasteiger partial charge in [0.2, 0.25) is 0 Å². The van der Waals surface area contributed by atoms with Crippen LogP contribution in [0, 0.1) is 0 Å². The Kier molecular flexibility index (Phi) is 3.25. The molecule has 128 valence electrons. The molecule has 0 aliphatic rings. The van der Waals surface area contributed by atoms with Gasteiger partial charge in [-0.15, -0.1) is 11.3 Å². The smallest absolute Gasteiger partial charge is 0.0683 e. The first kappa shape index (κ1) is 15.4. The van der Waals surface area contributed by atoms with Crippen LogP contribution in [0.5, 0.6) is 0 Å². The minimum absolute atomic E-state index is 1.12. The van der Waals surface area contributed by atoms with Crippen molar-refractivity contribution in [2.45, 2.75) is 0 Å². The summed E-state index contributed by atoms with van der Waals surface area (Å²) in [6.45, 7) is 0. The average molecular weight is 428 g/mol. The lowest BCUT2D eigenvalue weighted by molar-refractivity contribution is 1.18. The number of fused-ring (bicyclic) bond motifs is 7. The Labute approximate surface area is 168 Å². The summed E-state index contributed by atoms with van der Waals surface area (Å²) in [5.41, 5.74) is 3.66. The molecule has 0 radical (unpaired) electrons. The molecule has 0 aliphatic heterocycles. The van der Waals surface area contributed by atoms with E-state index in [1.807, 2.05) is 11.3 Å². The third-order valence-electron chi connectivity index (χ3n) is 5.26. The van der Waals surface area contributed by atoms with E-state index in [9.17, 15) is 0 Å². The van der Waals surface area contributed by atoms with Crippen LogP contribution in [-0.2, 0) is 0 Å². The van der Waals surface area contributed by atoms with E-state index in [1.54, 1.807) is 0 Å². The Morgan fingerprint density at radius 1 is 0.630 bits per heavy atom. The number of rotatable bonds is 1. The van der Waals surface area contributed by atoms with Gasteiger partial charge in [-0.3, -0.25) is 0 Å². The van der Waals surface area contributed by atoms with Crippen LogP contribution < -0.4 is 0 Å². The van der Waals surface area contributed by atoms with Crippen molar-refractivity contribution < 1.29 is 0 Å². The number of para-hydroxylation sites is 2. The zero-order valence-electron chi connectivity index (χ0n) is 14.3. The lowest BCUT2D eigenvalue weighted by Gasteiger charge is -2.08. The number of nitrogens with zero attached hydrogens (tertiary/aromatic N) is 1. The van der Waals surface area contributed by atoms with Crippen LogP contribution in [0.25, 0.3) is 47.7 Å². The van der Waals surface area contributed by atoms with Crippen LogP contribution in [0.2, 0.25) is 0 Å². The SMILES string of the molecule is Brc1cccc2c3c4c(ccc3n(-c3ccccc3)c12)sc1ccccc14. The fourth-order valence-electron chi connectivity index (χ4n) is 4.17. The number of halogens is 1. The fraction of sp³-hybridized carbons (Fsp3) is 0. The first-order valence-corrected chi connectivity index (χ1v) is 10.5. The van der Waals surface area contributed by atoms with Crippen LogP contribution >= 0.6 is 27.3 Å². The zero-order valence-corrected chi connectivity index (χ0v) is 16.7. The Balaban J connectivity index is 1.94. The molecule has 0 saturated heterocycles. The third-order valence-corrected chi connectivity index (χ3v) is 7.03. The van der Waals surface area contributed by atoms with E-state index in [0.29, 0.717) is 0 Å². The molecule has 2 aromatic heterocycles. The van der Waals surface area contributed by atoms with Crippen molar-refractivity contribution in [1.29, 1.82) is 0 Å². The van der Waals surface area contributed by atoms with Crippen molar-refractivity contribution >= 4 is 69.2 Å². The first-order valence-electron chi connectivity index (χ1n) is 8.91. The molecule has 0 atom stereocenters. The van der Waals surface area contributed by atoms with E-state index in [-0.39, 0.29) is 0 Å². The second kappa shape index (κ2) is 5.69. The highest BCUT2D eigenvalue weighted by molar-refractivity contribution is 9.10. The molecule has 0 bridgehead atoms. The third kappa shape index (κ3) is 2.10. The molecule has 2 heterocycles. The Morgan fingerprint density at radius 2 is 1.41 bits per heavy atom. The summed E-state index contributed by atoms with van der Waals surface area (Å²) < 4.78 is 6.18. The molecule has 4 aromatic carbocycles. The molecule has 0 saturated carbocycles. The maximum atomic E-state index is 3.81. The van der Waals surface area contributed by atoms with Crippen LogP contribution in [0.1, 0.15) is 0 Å². The van der Waals surface area contributed by atoms with Gasteiger partial charge in [0.15, 0.2) is 0 Å². The summed E-state index contributed by atoms with van der Waals surface area (Å²) in [5.74, 6) is 0. The summed E-state index contributed by atoms with van der Waals surface area (Å²) in [6, 6.07) is 30.4. The molecule has 0 spiro atoms. The van der Waals surface area contributed by atoms with Crippen LogP contribution in [-0.4, -0.2) is 4.57 Å². The highest BCUT2D eigenvalue weighted by Gasteiger charge is 2.18. The van der Waals surface area contributed by atoms with E-state index in [4.69, 9.17) is 0 Å². The number of aromatic nitrogens is 1. The van der Waals surface area contributed by atoms with Gasteiger partial charge in [-0.25, -0.2) is 0 Å². The van der Waals surface area contributed by atoms with Gasteiger partial charge in [0, 0.05) is 41.1 Å². The van der Waals surface area contributed by atoms with Crippen molar-refractivity contribution in [2.24, 2.45) is 0 Å². The largest absolute Gasteiger partial charge is 0.308 e. The van der Waals surface area contributed by atoms with Gasteiger partial charge in [-0.05, 0) is 52.3 Å². The van der Waals surface area contributed by atoms with Gasteiger partial charge in [0.1, 0.15) is 0 Å². The normalized spacial score (nSPS) is 11.9. The lowest BCUT2D eigenvalue weighted by Crippen LogP contribution is -1.93. The predicted molar refractivity (Wildman–Crippen MR) is 121 cm³/mol. The van der Waals surface area contributed by atoms with Gasteiger partial charge in [-0.1, -0.05) is 48.5 Å². The van der Waals surface area contributed by atoms with Crippen molar-refractivity contribution in [2.75, 3.05) is 0 Å². The molecule has 1 nitrogen and oxygen atoms in total. The molecule has 27 heavy (non-hydrogen) atoms. The summed E-state index contributed by atoms with van der Waals surface area (Å²) >= 11 is 5.68. The molecule has 0 unspecified atom stereocenters. The van der Waals surface area contributed by atoms with E-state index < -0.39 is 0 Å². The van der Waals surface area contributed by atoms with Crippen molar-refractivity contribution in [3.05, 3.63) is 89.4 Å². The zero-order chi connectivity index (χ0) is 18.0. The summed E-state index contributed by atoms with van der Waals surface area (Å²) in [5, 5.41) is 5.34. The Morgan fingerprint density at radius 3 is 2.30 bits per heavy atom. The van der Waals surface area contributed by atoms with E-state index in [1.165, 1.54) is 47.7 Å². The first-order chi connectivity index (χ1) is 13.3. The van der Waals surface area contributed by atoms with E-state index in [0.717, 1.165) is 4.47 Å². The number of thiophene rings is 1. The van der Waals surface area contributed by atoms with Gasteiger partial charge in [-0.2, -0.15) is 0 Å². The lowest BCUT2D eigenvalue weighted by atomic mass is 10.1. The van der Waals surface area contributed by atoms with Crippen LogP contribution in [0.3, 0.4) is 0 Å². The number of hydrogen-bond acceptors (Lipinski definition) is 1. The van der Waals surface area contributed by atoms with Gasteiger partial charge >= 0.3 is 0 Å². The molecular formula is C24H14BrNS. The Hall–Kier alpha value is -2.62. The van der Waals surface area contributed by atoms with E-state index >= 15 is 0 Å². The quantitative estimate of drug-likeness (QED) is 0.251. The predicted octanol–water partition coefficient (Wildman–Crippen LogP) is 7.91. The minimum atomic E-state index is 1.12. The highest BCUT2D eigenvalue weighted by Crippen LogP contribution is 2.44. The Bertz CT molecular complexity index is 1470. The number of hydrogen-bond donors (Lipinski definition) is 0. The highest BCUT2D eigenvalue weighted by atomic mass is 79.9. The topological polar surface area (TPSA) is 4.93 Å². The van der Waals surface area contributed by atoms with Gasteiger partial charge in [0.05, 0.1) is 11.0 Å². The summed E-state index contributed by atoms with van der Waals surface area (Å²) in [4.78, 5) is 0. The molecule has 3 heteroatoms. The molecule has 0 amide bonds. The van der Waals surface area contributed by atoms with Gasteiger partial charge in [0.25, 0.3) is 0 Å². The second-order valence-corrected chi connectivity index (χ2v) is 8.68. The molecular weight excluding hydrogens is 414 g/mol. The summed E-state index contributed by atoms with van der Waals surface area (Å²) in [6.07, 6.45) is 0. The van der Waals surface area contributed by atoms with Crippen molar-refractivity contribution in [1.82, 2.24) is 4.57 Å². The number of benzene rings is 4.